The number of aryl methyl sites for hydroxylation is 1. The Hall–Kier alpha value is -4.53. The van der Waals surface area contributed by atoms with Crippen molar-refractivity contribution in [2.75, 3.05) is 11.9 Å². The van der Waals surface area contributed by atoms with Crippen molar-refractivity contribution >= 4 is 34.2 Å². The van der Waals surface area contributed by atoms with Gasteiger partial charge in [-0.3, -0.25) is 19.7 Å². The second-order valence-corrected chi connectivity index (χ2v) is 7.17. The van der Waals surface area contributed by atoms with E-state index >= 15 is 0 Å². The lowest BCUT2D eigenvalue weighted by molar-refractivity contribution is -0.385. The number of nitrogens with zero attached hydrogens (tertiary/aromatic N) is 2. The van der Waals surface area contributed by atoms with Crippen molar-refractivity contribution in [3.63, 3.8) is 0 Å². The summed E-state index contributed by atoms with van der Waals surface area (Å²) in [5.41, 5.74) is 3.83. The van der Waals surface area contributed by atoms with Crippen LogP contribution in [0.2, 0.25) is 0 Å². The van der Waals surface area contributed by atoms with Gasteiger partial charge in [-0.15, -0.1) is 0 Å². The second kappa shape index (κ2) is 8.68. The Balaban J connectivity index is 1.34. The molecule has 9 nitrogen and oxygen atoms in total. The van der Waals surface area contributed by atoms with E-state index in [1.807, 2.05) is 36.4 Å². The number of para-hydroxylation sites is 2. The maximum absolute atomic E-state index is 12.2. The van der Waals surface area contributed by atoms with Crippen LogP contribution in [0.5, 0.6) is 0 Å². The molecule has 1 heterocycles. The van der Waals surface area contributed by atoms with Gasteiger partial charge in [0.2, 0.25) is 5.91 Å². The molecule has 0 aliphatic carbocycles. The van der Waals surface area contributed by atoms with E-state index in [4.69, 9.17) is 0 Å². The first-order chi connectivity index (χ1) is 15.4. The zero-order valence-corrected chi connectivity index (χ0v) is 17.1. The summed E-state index contributed by atoms with van der Waals surface area (Å²) in [6.45, 7) is 1.32. The SMILES string of the molecule is Cc1cc(C(=O)NCC(=O)Nc2ccc(-c3nc4ccccc4[nH]3)cc2)ccc1[N+](=O)[O-]. The number of amides is 2. The number of nitrogens with one attached hydrogen (secondary N) is 3. The topological polar surface area (TPSA) is 130 Å². The summed E-state index contributed by atoms with van der Waals surface area (Å²) < 4.78 is 0. The maximum Gasteiger partial charge on any atom is 0.272 e. The minimum Gasteiger partial charge on any atom is -0.343 e. The van der Waals surface area contributed by atoms with E-state index in [0.717, 1.165) is 22.4 Å². The lowest BCUT2D eigenvalue weighted by Gasteiger charge is -2.08. The summed E-state index contributed by atoms with van der Waals surface area (Å²) >= 11 is 0. The average molecular weight is 429 g/mol. The molecule has 0 spiro atoms. The normalized spacial score (nSPS) is 10.7. The number of aromatic amines is 1. The van der Waals surface area contributed by atoms with Gasteiger partial charge in [-0.05, 0) is 55.5 Å². The van der Waals surface area contributed by atoms with Crippen LogP contribution in [0.3, 0.4) is 0 Å². The van der Waals surface area contributed by atoms with Crippen LogP contribution in [-0.4, -0.2) is 33.3 Å². The van der Waals surface area contributed by atoms with Gasteiger partial charge in [0.1, 0.15) is 5.82 Å². The van der Waals surface area contributed by atoms with Crippen LogP contribution in [0.1, 0.15) is 15.9 Å². The predicted molar refractivity (Wildman–Crippen MR) is 120 cm³/mol. The largest absolute Gasteiger partial charge is 0.343 e. The molecule has 0 aliphatic heterocycles. The van der Waals surface area contributed by atoms with Crippen LogP contribution >= 0.6 is 0 Å². The van der Waals surface area contributed by atoms with Gasteiger partial charge < -0.3 is 15.6 Å². The van der Waals surface area contributed by atoms with E-state index in [-0.39, 0.29) is 17.8 Å². The monoisotopic (exact) mass is 429 g/mol. The van der Waals surface area contributed by atoms with Crippen molar-refractivity contribution in [3.8, 4) is 11.4 Å². The third-order valence-corrected chi connectivity index (χ3v) is 4.90. The van der Waals surface area contributed by atoms with E-state index in [1.165, 1.54) is 18.2 Å². The number of benzene rings is 3. The van der Waals surface area contributed by atoms with Crippen molar-refractivity contribution < 1.29 is 14.5 Å². The van der Waals surface area contributed by atoms with E-state index in [0.29, 0.717) is 11.3 Å². The number of imidazole rings is 1. The molecule has 4 rings (SSSR count). The fourth-order valence-corrected chi connectivity index (χ4v) is 3.27. The highest BCUT2D eigenvalue weighted by atomic mass is 16.6. The fraction of sp³-hybridized carbons (Fsp3) is 0.0870. The molecule has 160 valence electrons. The van der Waals surface area contributed by atoms with E-state index in [9.17, 15) is 19.7 Å². The maximum atomic E-state index is 12.2. The molecular weight excluding hydrogens is 410 g/mol. The third-order valence-electron chi connectivity index (χ3n) is 4.90. The van der Waals surface area contributed by atoms with Gasteiger partial charge in [0.15, 0.2) is 0 Å². The second-order valence-electron chi connectivity index (χ2n) is 7.17. The Morgan fingerprint density at radius 2 is 1.81 bits per heavy atom. The number of fused-ring (bicyclic) bond motifs is 1. The van der Waals surface area contributed by atoms with E-state index in [2.05, 4.69) is 20.6 Å². The first-order valence-electron chi connectivity index (χ1n) is 9.79. The highest BCUT2D eigenvalue weighted by molar-refractivity contribution is 5.99. The van der Waals surface area contributed by atoms with Gasteiger partial charge in [-0.1, -0.05) is 12.1 Å². The lowest BCUT2D eigenvalue weighted by atomic mass is 10.1. The van der Waals surface area contributed by atoms with Crippen molar-refractivity contribution in [1.29, 1.82) is 0 Å². The number of rotatable bonds is 6. The summed E-state index contributed by atoms with van der Waals surface area (Å²) in [4.78, 5) is 42.6. The van der Waals surface area contributed by atoms with Crippen LogP contribution in [0, 0.1) is 17.0 Å². The van der Waals surface area contributed by atoms with Crippen LogP contribution in [0.15, 0.2) is 66.7 Å². The fourth-order valence-electron chi connectivity index (χ4n) is 3.27. The third kappa shape index (κ3) is 4.46. The molecule has 2 amide bonds. The quantitative estimate of drug-likeness (QED) is 0.317. The number of hydrogen-bond donors (Lipinski definition) is 3. The number of H-pyrrole nitrogens is 1. The molecule has 32 heavy (non-hydrogen) atoms. The van der Waals surface area contributed by atoms with Crippen LogP contribution in [0.4, 0.5) is 11.4 Å². The zero-order chi connectivity index (χ0) is 22.7. The molecule has 0 radical (unpaired) electrons. The number of nitro groups is 1. The number of carbonyl (C=O) groups excluding carboxylic acids is 2. The van der Waals surface area contributed by atoms with E-state index < -0.39 is 16.7 Å². The van der Waals surface area contributed by atoms with Gasteiger partial charge in [0.05, 0.1) is 22.5 Å². The molecular formula is C23H19N5O4. The first-order valence-corrected chi connectivity index (χ1v) is 9.79. The number of carbonyl (C=O) groups is 2. The van der Waals surface area contributed by atoms with Crippen molar-refractivity contribution in [2.45, 2.75) is 6.92 Å². The Morgan fingerprint density at radius 3 is 2.50 bits per heavy atom. The Morgan fingerprint density at radius 1 is 1.06 bits per heavy atom. The smallest absolute Gasteiger partial charge is 0.272 e. The molecule has 0 bridgehead atoms. The Labute approximate surface area is 182 Å². The highest BCUT2D eigenvalue weighted by Gasteiger charge is 2.14. The van der Waals surface area contributed by atoms with Crippen molar-refractivity contribution in [3.05, 3.63) is 88.0 Å². The number of aromatic nitrogens is 2. The summed E-state index contributed by atoms with van der Waals surface area (Å²) in [7, 11) is 0. The molecule has 4 aromatic rings. The predicted octanol–water partition coefficient (Wildman–Crippen LogP) is 3.82. The lowest BCUT2D eigenvalue weighted by Crippen LogP contribution is -2.32. The van der Waals surface area contributed by atoms with Gasteiger partial charge in [-0.25, -0.2) is 4.98 Å². The minimum atomic E-state index is -0.510. The summed E-state index contributed by atoms with van der Waals surface area (Å²) in [5.74, 6) is -0.151. The Bertz CT molecular complexity index is 1290. The molecule has 3 aromatic carbocycles. The number of hydrogen-bond acceptors (Lipinski definition) is 5. The zero-order valence-electron chi connectivity index (χ0n) is 17.1. The molecule has 3 N–H and O–H groups in total. The van der Waals surface area contributed by atoms with Gasteiger partial charge in [-0.2, -0.15) is 0 Å². The summed E-state index contributed by atoms with van der Waals surface area (Å²) in [5, 5.41) is 16.1. The van der Waals surface area contributed by atoms with Gasteiger partial charge in [0, 0.05) is 28.4 Å². The molecule has 0 aliphatic rings. The van der Waals surface area contributed by atoms with E-state index in [1.54, 1.807) is 19.1 Å². The van der Waals surface area contributed by atoms with Crippen LogP contribution in [-0.2, 0) is 4.79 Å². The first kappa shape index (κ1) is 20.7. The van der Waals surface area contributed by atoms with Crippen molar-refractivity contribution in [2.24, 2.45) is 0 Å². The standard InChI is InChI=1S/C23H19N5O4/c1-14-12-16(8-11-20(14)28(31)32)23(30)24-13-21(29)25-17-9-6-15(7-10-17)22-26-18-4-2-3-5-19(18)27-22/h2-12H,13H2,1H3,(H,24,30)(H,25,29)(H,26,27). The Kier molecular flexibility index (Phi) is 5.63. The molecule has 0 fully saturated rings. The van der Waals surface area contributed by atoms with Crippen LogP contribution in [0.25, 0.3) is 22.4 Å². The highest BCUT2D eigenvalue weighted by Crippen LogP contribution is 2.22. The molecule has 0 atom stereocenters. The molecule has 0 unspecified atom stereocenters. The summed E-state index contributed by atoms with van der Waals surface area (Å²) in [6, 6.07) is 19.0. The van der Waals surface area contributed by atoms with Gasteiger partial charge >= 0.3 is 0 Å². The molecule has 0 saturated heterocycles. The number of nitro benzene ring substituents is 1. The molecule has 9 heteroatoms. The van der Waals surface area contributed by atoms with Crippen molar-refractivity contribution in [1.82, 2.24) is 15.3 Å². The molecule has 0 saturated carbocycles. The van der Waals surface area contributed by atoms with Crippen LogP contribution < -0.4 is 10.6 Å². The summed E-state index contributed by atoms with van der Waals surface area (Å²) in [6.07, 6.45) is 0. The average Bonchev–Trinajstić information content (AvgIpc) is 3.22. The van der Waals surface area contributed by atoms with Gasteiger partial charge in [0.25, 0.3) is 11.6 Å². The molecule has 1 aromatic heterocycles. The number of anilines is 1. The minimum absolute atomic E-state index is 0.0645.